The Labute approximate surface area is 174 Å². The van der Waals surface area contributed by atoms with Crippen LogP contribution in [0.3, 0.4) is 0 Å². The van der Waals surface area contributed by atoms with E-state index in [-0.39, 0.29) is 12.5 Å². The zero-order chi connectivity index (χ0) is 21.7. The zero-order valence-electron chi connectivity index (χ0n) is 17.4. The van der Waals surface area contributed by atoms with Crippen LogP contribution in [0.15, 0.2) is 36.4 Å². The highest BCUT2D eigenvalue weighted by molar-refractivity contribution is 5.93. The van der Waals surface area contributed by atoms with Gasteiger partial charge in [0.15, 0.2) is 11.5 Å². The third-order valence-corrected chi connectivity index (χ3v) is 4.46. The fourth-order valence-electron chi connectivity index (χ4n) is 3.11. The second-order valence-electron chi connectivity index (χ2n) is 6.70. The van der Waals surface area contributed by atoms with Crippen molar-refractivity contribution in [3.05, 3.63) is 36.4 Å². The fourth-order valence-corrected chi connectivity index (χ4v) is 3.11. The minimum Gasteiger partial charge on any atom is -0.493 e. The van der Waals surface area contributed by atoms with Crippen LogP contribution >= 0.6 is 0 Å². The molecule has 0 fully saturated rings. The van der Waals surface area contributed by atoms with Gasteiger partial charge in [0.1, 0.15) is 6.54 Å². The molecule has 30 heavy (non-hydrogen) atoms. The number of carbonyl (C=O) groups is 1. The molecule has 0 aliphatic heterocycles. The average molecular weight is 414 g/mol. The number of aliphatic hydroxyl groups excluding tert-OH is 1. The molecule has 0 radical (unpaired) electrons. The second kappa shape index (κ2) is 9.36. The third kappa shape index (κ3) is 4.57. The number of hydrogen-bond donors (Lipinski definition) is 3. The maximum atomic E-state index is 12.8. The first-order valence-electron chi connectivity index (χ1n) is 9.43. The van der Waals surface area contributed by atoms with Crippen LogP contribution in [0.1, 0.15) is 6.92 Å². The largest absolute Gasteiger partial charge is 0.493 e. The Morgan fingerprint density at radius 1 is 1.13 bits per heavy atom. The Morgan fingerprint density at radius 2 is 1.80 bits per heavy atom. The highest BCUT2D eigenvalue weighted by atomic mass is 16.5. The monoisotopic (exact) mass is 414 g/mol. The lowest BCUT2D eigenvalue weighted by Gasteiger charge is -2.15. The van der Waals surface area contributed by atoms with E-state index in [1.165, 1.54) is 21.3 Å². The summed E-state index contributed by atoms with van der Waals surface area (Å²) in [6.45, 7) is 2.02. The number of fused-ring (bicyclic) bond motifs is 1. The zero-order valence-corrected chi connectivity index (χ0v) is 17.4. The van der Waals surface area contributed by atoms with Gasteiger partial charge in [-0.25, -0.2) is 4.98 Å². The highest BCUT2D eigenvalue weighted by Crippen LogP contribution is 2.39. The lowest BCUT2D eigenvalue weighted by atomic mass is 10.2. The molecule has 0 saturated carbocycles. The molecule has 0 bridgehead atoms. The van der Waals surface area contributed by atoms with Crippen molar-refractivity contribution >= 4 is 28.6 Å². The first-order chi connectivity index (χ1) is 14.5. The molecule has 0 aliphatic carbocycles. The van der Waals surface area contributed by atoms with Gasteiger partial charge >= 0.3 is 0 Å². The van der Waals surface area contributed by atoms with Crippen molar-refractivity contribution < 1.29 is 24.1 Å². The highest BCUT2D eigenvalue weighted by Gasteiger charge is 2.17. The van der Waals surface area contributed by atoms with Crippen molar-refractivity contribution in [2.45, 2.75) is 19.6 Å². The lowest BCUT2D eigenvalue weighted by molar-refractivity contribution is -0.116. The third-order valence-electron chi connectivity index (χ3n) is 4.46. The molecule has 3 aromatic rings. The second-order valence-corrected chi connectivity index (χ2v) is 6.70. The van der Waals surface area contributed by atoms with Crippen molar-refractivity contribution in [1.82, 2.24) is 9.55 Å². The van der Waals surface area contributed by atoms with Crippen LogP contribution in [-0.2, 0) is 11.3 Å². The Kier molecular flexibility index (Phi) is 6.63. The molecule has 160 valence electrons. The first kappa shape index (κ1) is 21.3. The Morgan fingerprint density at radius 3 is 2.40 bits per heavy atom. The summed E-state index contributed by atoms with van der Waals surface area (Å²) >= 11 is 0. The summed E-state index contributed by atoms with van der Waals surface area (Å²) in [4.78, 5) is 17.3. The van der Waals surface area contributed by atoms with Gasteiger partial charge < -0.3 is 34.5 Å². The van der Waals surface area contributed by atoms with Gasteiger partial charge in [0, 0.05) is 24.4 Å². The molecule has 0 aliphatic rings. The van der Waals surface area contributed by atoms with Gasteiger partial charge in [-0.3, -0.25) is 4.79 Å². The smallest absolute Gasteiger partial charge is 0.244 e. The number of nitrogens with zero attached hydrogens (tertiary/aromatic N) is 2. The number of ether oxygens (including phenoxy) is 3. The number of imidazole rings is 1. The lowest BCUT2D eigenvalue weighted by Crippen LogP contribution is -2.22. The summed E-state index contributed by atoms with van der Waals surface area (Å²) in [6, 6.07) is 10.9. The number of hydrogen-bond acceptors (Lipinski definition) is 7. The minimum atomic E-state index is -0.550. The Hall–Kier alpha value is -3.46. The maximum Gasteiger partial charge on any atom is 0.244 e. The van der Waals surface area contributed by atoms with E-state index in [9.17, 15) is 9.90 Å². The van der Waals surface area contributed by atoms with Crippen LogP contribution in [0.2, 0.25) is 0 Å². The topological polar surface area (TPSA) is 107 Å². The van der Waals surface area contributed by atoms with Gasteiger partial charge in [0.2, 0.25) is 17.6 Å². The fraction of sp³-hybridized carbons (Fsp3) is 0.333. The molecule has 1 atom stereocenters. The van der Waals surface area contributed by atoms with Gasteiger partial charge in [-0.15, -0.1) is 0 Å². The SMILES string of the molecule is COc1cc(NC(=O)Cn2c(NCC(C)O)nc3ccccc32)cc(OC)c1OC. The molecular formula is C21H26N4O5. The molecule has 2 aromatic carbocycles. The summed E-state index contributed by atoms with van der Waals surface area (Å²) in [6.07, 6.45) is -0.550. The average Bonchev–Trinajstić information content (AvgIpc) is 3.08. The first-order valence-corrected chi connectivity index (χ1v) is 9.43. The number of amides is 1. The van der Waals surface area contributed by atoms with Crippen LogP contribution in [-0.4, -0.2) is 54.5 Å². The number of anilines is 2. The summed E-state index contributed by atoms with van der Waals surface area (Å²) in [5, 5.41) is 15.5. The van der Waals surface area contributed by atoms with Crippen molar-refractivity contribution in [2.24, 2.45) is 0 Å². The summed E-state index contributed by atoms with van der Waals surface area (Å²) in [5.74, 6) is 1.59. The quantitative estimate of drug-likeness (QED) is 0.494. The number of rotatable bonds is 9. The number of benzene rings is 2. The van der Waals surface area contributed by atoms with Crippen molar-refractivity contribution in [2.75, 3.05) is 38.5 Å². The van der Waals surface area contributed by atoms with Crippen molar-refractivity contribution in [1.29, 1.82) is 0 Å². The van der Waals surface area contributed by atoms with E-state index in [1.807, 2.05) is 24.3 Å². The molecule has 3 rings (SSSR count). The van der Waals surface area contributed by atoms with Crippen molar-refractivity contribution in [3.8, 4) is 17.2 Å². The molecular weight excluding hydrogens is 388 g/mol. The van der Waals surface area contributed by atoms with E-state index >= 15 is 0 Å². The van der Waals surface area contributed by atoms with E-state index in [1.54, 1.807) is 23.6 Å². The predicted molar refractivity (Wildman–Crippen MR) is 115 cm³/mol. The maximum absolute atomic E-state index is 12.8. The molecule has 1 heterocycles. The van der Waals surface area contributed by atoms with Crippen LogP contribution in [0.5, 0.6) is 17.2 Å². The van der Waals surface area contributed by atoms with Crippen LogP contribution in [0.25, 0.3) is 11.0 Å². The number of para-hydroxylation sites is 2. The van der Waals surface area contributed by atoms with E-state index in [4.69, 9.17) is 14.2 Å². The van der Waals surface area contributed by atoms with E-state index in [0.29, 0.717) is 35.4 Å². The number of nitrogens with one attached hydrogen (secondary N) is 2. The van der Waals surface area contributed by atoms with Crippen LogP contribution in [0, 0.1) is 0 Å². The van der Waals surface area contributed by atoms with E-state index < -0.39 is 6.10 Å². The standard InChI is InChI=1S/C21H26N4O5/c1-13(26)11-22-21-24-15-7-5-6-8-16(15)25(21)12-19(27)23-14-9-17(28-2)20(30-4)18(10-14)29-3/h5-10,13,26H,11-12H2,1-4H3,(H,22,24)(H,23,27). The van der Waals surface area contributed by atoms with E-state index in [0.717, 1.165) is 11.0 Å². The molecule has 0 spiro atoms. The molecule has 1 unspecified atom stereocenters. The number of aliphatic hydroxyl groups is 1. The van der Waals surface area contributed by atoms with E-state index in [2.05, 4.69) is 15.6 Å². The molecule has 9 heteroatoms. The van der Waals surface area contributed by atoms with Gasteiger partial charge in [0.05, 0.1) is 38.5 Å². The van der Waals surface area contributed by atoms with Gasteiger partial charge in [-0.2, -0.15) is 0 Å². The molecule has 9 nitrogen and oxygen atoms in total. The minimum absolute atomic E-state index is 0.0271. The summed E-state index contributed by atoms with van der Waals surface area (Å²) < 4.78 is 17.7. The normalized spacial score (nSPS) is 11.8. The number of methoxy groups -OCH3 is 3. The van der Waals surface area contributed by atoms with Gasteiger partial charge in [0.25, 0.3) is 0 Å². The summed E-state index contributed by atoms with van der Waals surface area (Å²) in [5.41, 5.74) is 2.08. The summed E-state index contributed by atoms with van der Waals surface area (Å²) in [7, 11) is 4.55. The molecule has 1 aromatic heterocycles. The van der Waals surface area contributed by atoms with Gasteiger partial charge in [-0.05, 0) is 19.1 Å². The van der Waals surface area contributed by atoms with Crippen molar-refractivity contribution in [3.63, 3.8) is 0 Å². The number of aromatic nitrogens is 2. The Bertz CT molecular complexity index is 1010. The molecule has 0 saturated heterocycles. The van der Waals surface area contributed by atoms with Crippen LogP contribution in [0.4, 0.5) is 11.6 Å². The molecule has 3 N–H and O–H groups in total. The predicted octanol–water partition coefficient (Wildman–Crippen LogP) is 2.49. The van der Waals surface area contributed by atoms with Crippen LogP contribution < -0.4 is 24.8 Å². The number of carbonyl (C=O) groups excluding carboxylic acids is 1. The van der Waals surface area contributed by atoms with Gasteiger partial charge in [-0.1, -0.05) is 12.1 Å². The Balaban J connectivity index is 1.86. The molecule has 1 amide bonds.